The fourth-order valence-corrected chi connectivity index (χ4v) is 1.84. The number of alkyl halides is 2. The quantitative estimate of drug-likeness (QED) is 0.334. The van der Waals surface area contributed by atoms with Crippen molar-refractivity contribution in [3.63, 3.8) is 0 Å². The van der Waals surface area contributed by atoms with Crippen molar-refractivity contribution in [3.8, 4) is 0 Å². The van der Waals surface area contributed by atoms with Crippen molar-refractivity contribution >= 4 is 5.96 Å². The van der Waals surface area contributed by atoms with Crippen molar-refractivity contribution in [1.82, 2.24) is 10.6 Å². The molecule has 20 heavy (non-hydrogen) atoms. The molecule has 5 N–H and O–H groups in total. The van der Waals surface area contributed by atoms with Gasteiger partial charge in [-0.2, -0.15) is 0 Å². The summed E-state index contributed by atoms with van der Waals surface area (Å²) in [5.74, 6) is -0.426. The van der Waals surface area contributed by atoms with E-state index >= 15 is 0 Å². The topological polar surface area (TPSA) is 73.9 Å². The molecule has 0 aliphatic carbocycles. The summed E-state index contributed by atoms with van der Waals surface area (Å²) in [5, 5.41) is 12.4. The monoisotopic (exact) mass is 284 g/mol. The van der Waals surface area contributed by atoms with Crippen LogP contribution >= 0.6 is 0 Å². The summed E-state index contributed by atoms with van der Waals surface area (Å²) >= 11 is 0. The molecule has 0 radical (unpaired) electrons. The van der Waals surface area contributed by atoms with Crippen molar-refractivity contribution in [3.05, 3.63) is 35.4 Å². The SMILES string of the molecule is CCc1ccc(CNCCC(NC(=N)N)C(F)F)cc1. The second kappa shape index (κ2) is 8.47. The molecule has 1 aromatic rings. The number of nitrogens with one attached hydrogen (secondary N) is 3. The van der Waals surface area contributed by atoms with Gasteiger partial charge in [-0.15, -0.1) is 0 Å². The molecule has 0 saturated heterocycles. The third-order valence-electron chi connectivity index (χ3n) is 3.04. The van der Waals surface area contributed by atoms with E-state index in [1.165, 1.54) is 5.56 Å². The lowest BCUT2D eigenvalue weighted by Gasteiger charge is -2.17. The molecule has 112 valence electrons. The van der Waals surface area contributed by atoms with E-state index in [4.69, 9.17) is 11.1 Å². The molecule has 0 aliphatic heterocycles. The normalized spacial score (nSPS) is 12.4. The van der Waals surface area contributed by atoms with Gasteiger partial charge < -0.3 is 16.4 Å². The third-order valence-corrected chi connectivity index (χ3v) is 3.04. The molecular formula is C14H22F2N4. The second-order valence-electron chi connectivity index (χ2n) is 4.63. The third kappa shape index (κ3) is 5.97. The Morgan fingerprint density at radius 1 is 1.25 bits per heavy atom. The van der Waals surface area contributed by atoms with Gasteiger partial charge >= 0.3 is 0 Å². The molecule has 0 saturated carbocycles. The molecule has 1 unspecified atom stereocenters. The summed E-state index contributed by atoms with van der Waals surface area (Å²) in [4.78, 5) is 0. The zero-order valence-electron chi connectivity index (χ0n) is 11.6. The molecule has 0 amide bonds. The summed E-state index contributed by atoms with van der Waals surface area (Å²) in [6.07, 6.45) is -1.32. The van der Waals surface area contributed by atoms with Gasteiger partial charge in [0.15, 0.2) is 5.96 Å². The van der Waals surface area contributed by atoms with Crippen LogP contribution in [0, 0.1) is 5.41 Å². The van der Waals surface area contributed by atoms with Gasteiger partial charge in [0.25, 0.3) is 6.43 Å². The van der Waals surface area contributed by atoms with Crippen LogP contribution < -0.4 is 16.4 Å². The highest BCUT2D eigenvalue weighted by atomic mass is 19.3. The van der Waals surface area contributed by atoms with E-state index in [1.54, 1.807) is 0 Å². The Bertz CT molecular complexity index is 406. The Morgan fingerprint density at radius 3 is 2.35 bits per heavy atom. The molecule has 1 aromatic carbocycles. The molecule has 0 heterocycles. The molecule has 0 bridgehead atoms. The minimum atomic E-state index is -2.54. The van der Waals surface area contributed by atoms with Crippen LogP contribution in [0.15, 0.2) is 24.3 Å². The predicted molar refractivity (Wildman–Crippen MR) is 77.0 cm³/mol. The lowest BCUT2D eigenvalue weighted by Crippen LogP contribution is -2.44. The number of guanidine groups is 1. The van der Waals surface area contributed by atoms with Crippen LogP contribution in [0.5, 0.6) is 0 Å². The van der Waals surface area contributed by atoms with E-state index in [9.17, 15) is 8.78 Å². The molecule has 6 heteroatoms. The highest BCUT2D eigenvalue weighted by molar-refractivity contribution is 5.74. The van der Waals surface area contributed by atoms with Gasteiger partial charge in [0.05, 0.1) is 6.04 Å². The summed E-state index contributed by atoms with van der Waals surface area (Å²) in [6.45, 7) is 3.17. The first kappa shape index (κ1) is 16.4. The van der Waals surface area contributed by atoms with Crippen LogP contribution in [0.4, 0.5) is 8.78 Å². The van der Waals surface area contributed by atoms with E-state index < -0.39 is 18.4 Å². The minimum absolute atomic E-state index is 0.213. The van der Waals surface area contributed by atoms with Crippen LogP contribution in [0.3, 0.4) is 0 Å². The van der Waals surface area contributed by atoms with E-state index in [1.807, 2.05) is 12.1 Å². The number of nitrogens with two attached hydrogens (primary N) is 1. The molecule has 0 aromatic heterocycles. The van der Waals surface area contributed by atoms with Gasteiger partial charge in [-0.05, 0) is 30.5 Å². The zero-order chi connectivity index (χ0) is 15.0. The molecule has 0 aliphatic rings. The van der Waals surface area contributed by atoms with Gasteiger partial charge in [0.1, 0.15) is 0 Å². The Labute approximate surface area is 118 Å². The van der Waals surface area contributed by atoms with E-state index in [2.05, 4.69) is 29.7 Å². The predicted octanol–water partition coefficient (Wildman–Crippen LogP) is 1.85. The number of halogens is 2. The molecule has 4 nitrogen and oxygen atoms in total. The van der Waals surface area contributed by atoms with Gasteiger partial charge in [-0.25, -0.2) is 8.78 Å². The van der Waals surface area contributed by atoms with Crippen molar-refractivity contribution in [1.29, 1.82) is 5.41 Å². The Hall–Kier alpha value is -1.69. The van der Waals surface area contributed by atoms with Crippen LogP contribution in [-0.2, 0) is 13.0 Å². The maximum absolute atomic E-state index is 12.7. The van der Waals surface area contributed by atoms with Crippen molar-refractivity contribution in [2.45, 2.75) is 38.8 Å². The van der Waals surface area contributed by atoms with Gasteiger partial charge in [0, 0.05) is 6.54 Å². The van der Waals surface area contributed by atoms with Crippen LogP contribution in [0.1, 0.15) is 24.5 Å². The average Bonchev–Trinajstić information content (AvgIpc) is 2.42. The van der Waals surface area contributed by atoms with Crippen LogP contribution in [0.2, 0.25) is 0 Å². The van der Waals surface area contributed by atoms with Gasteiger partial charge in [0.2, 0.25) is 0 Å². The highest BCUT2D eigenvalue weighted by Gasteiger charge is 2.19. The lowest BCUT2D eigenvalue weighted by molar-refractivity contribution is 0.103. The first-order valence-corrected chi connectivity index (χ1v) is 6.70. The van der Waals surface area contributed by atoms with Gasteiger partial charge in [-0.3, -0.25) is 5.41 Å². The average molecular weight is 284 g/mol. The number of rotatable bonds is 8. The number of hydrogen-bond donors (Lipinski definition) is 4. The van der Waals surface area contributed by atoms with Gasteiger partial charge in [-0.1, -0.05) is 31.2 Å². The smallest absolute Gasteiger partial charge is 0.258 e. The highest BCUT2D eigenvalue weighted by Crippen LogP contribution is 2.06. The maximum Gasteiger partial charge on any atom is 0.258 e. The molecular weight excluding hydrogens is 262 g/mol. The molecule has 1 rings (SSSR count). The minimum Gasteiger partial charge on any atom is -0.370 e. The molecule has 0 spiro atoms. The van der Waals surface area contributed by atoms with Crippen LogP contribution in [-0.4, -0.2) is 25.0 Å². The largest absolute Gasteiger partial charge is 0.370 e. The molecule has 1 atom stereocenters. The summed E-state index contributed by atoms with van der Waals surface area (Å²) in [6, 6.07) is 7.11. The summed E-state index contributed by atoms with van der Waals surface area (Å²) in [5.41, 5.74) is 7.47. The standard InChI is InChI=1S/C14H22F2N4/c1-2-10-3-5-11(6-4-10)9-19-8-7-12(13(15)16)20-14(17)18/h3-6,12-13,19H,2,7-9H2,1H3,(H4,17,18,20). The zero-order valence-corrected chi connectivity index (χ0v) is 11.6. The first-order valence-electron chi connectivity index (χ1n) is 6.70. The summed E-state index contributed by atoms with van der Waals surface area (Å²) in [7, 11) is 0. The van der Waals surface area contributed by atoms with Crippen molar-refractivity contribution < 1.29 is 8.78 Å². The van der Waals surface area contributed by atoms with Crippen molar-refractivity contribution in [2.75, 3.05) is 6.54 Å². The fraction of sp³-hybridized carbons (Fsp3) is 0.500. The number of aryl methyl sites for hydroxylation is 1. The fourth-order valence-electron chi connectivity index (χ4n) is 1.84. The Balaban J connectivity index is 2.30. The Kier molecular flexibility index (Phi) is 6.93. The molecule has 0 fully saturated rings. The maximum atomic E-state index is 12.7. The van der Waals surface area contributed by atoms with Crippen molar-refractivity contribution in [2.24, 2.45) is 5.73 Å². The van der Waals surface area contributed by atoms with Crippen LogP contribution in [0.25, 0.3) is 0 Å². The van der Waals surface area contributed by atoms with E-state index in [0.29, 0.717) is 13.1 Å². The number of hydrogen-bond acceptors (Lipinski definition) is 2. The van der Waals surface area contributed by atoms with E-state index in [0.717, 1.165) is 12.0 Å². The first-order chi connectivity index (χ1) is 9.52. The second-order valence-corrected chi connectivity index (χ2v) is 4.63. The van der Waals surface area contributed by atoms with E-state index in [-0.39, 0.29) is 6.42 Å². The Morgan fingerprint density at radius 2 is 1.85 bits per heavy atom. The summed E-state index contributed by atoms with van der Waals surface area (Å²) < 4.78 is 25.3. The lowest BCUT2D eigenvalue weighted by atomic mass is 10.1. The number of benzene rings is 1.